The van der Waals surface area contributed by atoms with Gasteiger partial charge in [0.05, 0.1) is 112 Å². The van der Waals surface area contributed by atoms with Crippen LogP contribution in [-0.2, 0) is 57.6 Å². The van der Waals surface area contributed by atoms with Gasteiger partial charge < -0.3 is 38.3 Å². The van der Waals surface area contributed by atoms with E-state index in [1.807, 2.05) is 32.9 Å². The Balaban J connectivity index is 0.000000285. The normalized spacial score (nSPS) is 32.4. The maximum absolute atomic E-state index is 13.6. The molecule has 20 atom stereocenters. The fourth-order valence-electron chi connectivity index (χ4n) is 14.6. The van der Waals surface area contributed by atoms with Gasteiger partial charge in [-0.05, 0) is 193 Å². The van der Waals surface area contributed by atoms with Crippen molar-refractivity contribution in [2.24, 2.45) is 52.8 Å². The van der Waals surface area contributed by atoms with Crippen molar-refractivity contribution in [2.75, 3.05) is 30.1 Å². The summed E-state index contributed by atoms with van der Waals surface area (Å²) in [5, 5.41) is 9.36. The van der Waals surface area contributed by atoms with E-state index in [1.165, 1.54) is 0 Å². The first kappa shape index (κ1) is 79.1. The Bertz CT molecular complexity index is 2880. The molecule has 6 aliphatic rings. The highest BCUT2D eigenvalue weighted by Gasteiger charge is 2.48. The van der Waals surface area contributed by atoms with Crippen LogP contribution in [0.15, 0.2) is 119 Å². The summed E-state index contributed by atoms with van der Waals surface area (Å²) >= 11 is 9.53. The van der Waals surface area contributed by atoms with Gasteiger partial charge in [0.25, 0.3) is 0 Å². The minimum absolute atomic E-state index is 0.00233. The van der Waals surface area contributed by atoms with Crippen LogP contribution in [0.2, 0.25) is 0 Å². The lowest BCUT2D eigenvalue weighted by atomic mass is 9.81. The first-order valence-electron chi connectivity index (χ1n) is 35.1. The summed E-state index contributed by atoms with van der Waals surface area (Å²) in [4.78, 5) is 12.8. The van der Waals surface area contributed by atoms with Crippen LogP contribution in [0.5, 0.6) is 0 Å². The van der Waals surface area contributed by atoms with Crippen molar-refractivity contribution in [3.05, 3.63) is 109 Å². The summed E-state index contributed by atoms with van der Waals surface area (Å²) < 4.78 is 99.2. The lowest BCUT2D eigenvalue weighted by Crippen LogP contribution is -2.38. The average molecular weight is 1370 g/mol. The van der Waals surface area contributed by atoms with E-state index in [2.05, 4.69) is 81.7 Å². The molecule has 93 heavy (non-hydrogen) atoms. The van der Waals surface area contributed by atoms with Gasteiger partial charge in [-0.15, -0.1) is 23.2 Å². The van der Waals surface area contributed by atoms with E-state index in [0.717, 1.165) is 125 Å². The number of hydrogen-bond donors (Lipinski definition) is 1. The highest BCUT2D eigenvalue weighted by Crippen LogP contribution is 2.46. The molecule has 0 radical (unpaired) electrons. The second-order valence-corrected chi connectivity index (χ2v) is 34.3. The van der Waals surface area contributed by atoms with Crippen LogP contribution in [0.4, 0.5) is 0 Å². The predicted molar refractivity (Wildman–Crippen MR) is 376 cm³/mol. The van der Waals surface area contributed by atoms with Gasteiger partial charge in [0.2, 0.25) is 0 Å². The maximum atomic E-state index is 13.6. The van der Waals surface area contributed by atoms with Gasteiger partial charge in [0, 0.05) is 31.3 Å². The Hall–Kier alpha value is -2.93. The fourth-order valence-corrected chi connectivity index (χ4v) is 18.2. The SMILES string of the molecule is C=C1C[C@H](CCCO)OC1CC[C@H]1C[C@@H](C)C(=C)C(C[C@@H]2O[C@H](C[C@H](C)CC)[C@H](C)[C@H]2CS(=O)(=O)c2ccccc2)O1.C=C1C[C@H](CCCOC(=O)C(C)(C)C)OC1CC[C@H]1C[C@@H](C)C(=C)C(C[C@@H]2O[C@H](C[C@H](C)CC)[C@H](C)[C@H]2CS(=O)(=O)c2ccccc2)O1.ClCCl. The number of alkyl halides is 2. The summed E-state index contributed by atoms with van der Waals surface area (Å²) in [5.41, 5.74) is 3.94. The number of rotatable bonds is 29. The van der Waals surface area contributed by atoms with Gasteiger partial charge in [-0.25, -0.2) is 16.8 Å². The molecule has 6 aliphatic heterocycles. The molecule has 4 unspecified atom stereocenters. The highest BCUT2D eigenvalue weighted by molar-refractivity contribution is 7.91. The van der Waals surface area contributed by atoms with Crippen LogP contribution in [0.1, 0.15) is 192 Å². The molecule has 13 nitrogen and oxygen atoms in total. The summed E-state index contributed by atoms with van der Waals surface area (Å²) in [6, 6.07) is 17.6. The molecule has 0 aliphatic carbocycles. The molecule has 0 saturated carbocycles. The number of hydrogen-bond acceptors (Lipinski definition) is 13. The first-order chi connectivity index (χ1) is 44.0. The molecule has 17 heteroatoms. The minimum Gasteiger partial charge on any atom is -0.465 e. The van der Waals surface area contributed by atoms with Crippen molar-refractivity contribution in [1.82, 2.24) is 0 Å². The molecule has 2 aromatic carbocycles. The lowest BCUT2D eigenvalue weighted by molar-refractivity contribution is -0.153. The van der Waals surface area contributed by atoms with Gasteiger partial charge in [-0.3, -0.25) is 4.79 Å². The molecule has 1 N–H and O–H groups in total. The second kappa shape index (κ2) is 37.3. The van der Waals surface area contributed by atoms with Gasteiger partial charge in [-0.2, -0.15) is 0 Å². The molecule has 0 aromatic heterocycles. The van der Waals surface area contributed by atoms with Crippen LogP contribution >= 0.6 is 23.2 Å². The fraction of sp³-hybridized carbons (Fsp3) is 0.724. The molecule has 6 saturated heterocycles. The van der Waals surface area contributed by atoms with E-state index in [-0.39, 0.29) is 126 Å². The monoisotopic (exact) mass is 1370 g/mol. The number of esters is 1. The van der Waals surface area contributed by atoms with Crippen molar-refractivity contribution in [3.63, 3.8) is 0 Å². The number of benzene rings is 2. The second-order valence-electron chi connectivity index (χ2n) is 29.4. The van der Waals surface area contributed by atoms with Gasteiger partial charge in [-0.1, -0.05) is 131 Å². The number of aliphatic hydroxyl groups is 1. The van der Waals surface area contributed by atoms with E-state index in [1.54, 1.807) is 48.5 Å². The van der Waals surface area contributed by atoms with Crippen LogP contribution in [0.3, 0.4) is 0 Å². The molecule has 0 bridgehead atoms. The lowest BCUT2D eigenvalue weighted by Gasteiger charge is -2.38. The molecular formula is C76H118Cl2O13S2. The third kappa shape index (κ3) is 23.3. The first-order valence-corrected chi connectivity index (χ1v) is 39.5. The van der Waals surface area contributed by atoms with Crippen LogP contribution < -0.4 is 0 Å². The van der Waals surface area contributed by atoms with Crippen molar-refractivity contribution >= 4 is 48.8 Å². The number of sulfone groups is 2. The topological polar surface area (TPSA) is 170 Å². The van der Waals surface area contributed by atoms with E-state index < -0.39 is 25.1 Å². The molecular weight excluding hydrogens is 1260 g/mol. The molecule has 6 heterocycles. The van der Waals surface area contributed by atoms with Gasteiger partial charge in [0.1, 0.15) is 0 Å². The number of halogens is 2. The quantitative estimate of drug-likeness (QED) is 0.0354. The van der Waals surface area contributed by atoms with Crippen molar-refractivity contribution in [1.29, 1.82) is 0 Å². The van der Waals surface area contributed by atoms with Crippen molar-refractivity contribution in [3.8, 4) is 0 Å². The summed E-state index contributed by atoms with van der Waals surface area (Å²) in [6.07, 6.45) is 15.2. The zero-order valence-corrected chi connectivity index (χ0v) is 61.5. The Morgan fingerprint density at radius 3 is 1.31 bits per heavy atom. The Morgan fingerprint density at radius 1 is 0.570 bits per heavy atom. The molecule has 2 aromatic rings. The number of aliphatic hydroxyl groups excluding tert-OH is 1. The maximum Gasteiger partial charge on any atom is 0.311 e. The smallest absolute Gasteiger partial charge is 0.311 e. The zero-order chi connectivity index (χ0) is 68.4. The number of carbonyl (C=O) groups is 1. The average Bonchev–Trinajstić information content (AvgIpc) is 1.70. The number of carbonyl (C=O) groups excluding carboxylic acids is 1. The summed E-state index contributed by atoms with van der Waals surface area (Å²) in [5.74, 6) is 1.64. The van der Waals surface area contributed by atoms with E-state index in [4.69, 9.17) is 61.5 Å². The standard InChI is InChI=1S/C40H62O7S.C35H54O6S.CH2Cl2/c1-10-26(2)21-36-30(6)34(25-48(42,43)33-16-12-11-13-17-33)38(47-36)24-37-29(5)27(3)22-32(46-37)18-19-35-28(4)23-31(45-35)15-14-20-44-39(41)40(7,8)9;1-7-23(2)18-33-27(6)31(22-42(37,38)30-13-9-8-10-14-30)35(41-33)21-34-26(5)24(3)19-29(40-34)15-16-32-25(4)20-28(39-32)12-11-17-36;2-1-3/h11-13,16-17,26-27,30-32,34-38H,4-5,10,14-15,18-25H2,1-3,6-9H3;8-10,13-14,23-24,27-29,31-36H,4-5,7,11-12,15-22H2,1-3,6H3;1H2/t26-,27-,30-,31+,32+,34-,35?,36-,37?,38+;23-,24-,27-,28+,29+,31-,32?,33-,34?,35+;/m11./s1. The highest BCUT2D eigenvalue weighted by atomic mass is 35.5. The van der Waals surface area contributed by atoms with Gasteiger partial charge in [0.15, 0.2) is 19.7 Å². The Labute approximate surface area is 572 Å². The zero-order valence-electron chi connectivity index (χ0n) is 58.3. The molecule has 8 rings (SSSR count). The van der Waals surface area contributed by atoms with Gasteiger partial charge >= 0.3 is 5.97 Å². The van der Waals surface area contributed by atoms with E-state index in [9.17, 15) is 21.6 Å². The van der Waals surface area contributed by atoms with Crippen molar-refractivity contribution in [2.45, 2.75) is 275 Å². The van der Waals surface area contributed by atoms with E-state index >= 15 is 0 Å². The molecule has 6 fully saturated rings. The number of ether oxygens (including phenoxy) is 7. The minimum atomic E-state index is -3.48. The predicted octanol–water partition coefficient (Wildman–Crippen LogP) is 16.9. The third-order valence-corrected chi connectivity index (χ3v) is 24.7. The molecule has 526 valence electrons. The molecule has 0 amide bonds. The largest absolute Gasteiger partial charge is 0.465 e. The third-order valence-electron chi connectivity index (χ3n) is 21.1. The molecule has 0 spiro atoms. The van der Waals surface area contributed by atoms with Crippen molar-refractivity contribution < 1.29 is 59.9 Å². The summed E-state index contributed by atoms with van der Waals surface area (Å²) in [7, 11) is -6.93. The summed E-state index contributed by atoms with van der Waals surface area (Å²) in [6.45, 7) is 41.3. The van der Waals surface area contributed by atoms with Crippen LogP contribution in [0, 0.1) is 52.8 Å². The van der Waals surface area contributed by atoms with Crippen LogP contribution in [0.25, 0.3) is 0 Å². The van der Waals surface area contributed by atoms with E-state index in [0.29, 0.717) is 52.9 Å². The Kier molecular flexibility index (Phi) is 31.7. The van der Waals surface area contributed by atoms with Crippen LogP contribution in [-0.4, -0.2) is 131 Å². The Morgan fingerprint density at radius 2 is 0.946 bits per heavy atom.